The fourth-order valence-electron chi connectivity index (χ4n) is 2.60. The summed E-state index contributed by atoms with van der Waals surface area (Å²) >= 11 is 0. The Labute approximate surface area is 183 Å². The smallest absolute Gasteiger partial charge is 0.311 e. The molecule has 2 aromatic carbocycles. The lowest BCUT2D eigenvalue weighted by Gasteiger charge is -2.10. The van der Waals surface area contributed by atoms with Gasteiger partial charge in [-0.2, -0.15) is 5.10 Å². The Morgan fingerprint density at radius 1 is 0.969 bits per heavy atom. The molecule has 0 unspecified atom stereocenters. The molecule has 2 rings (SSSR count). The maximum atomic E-state index is 12.2. The molecule has 170 valence electrons. The summed E-state index contributed by atoms with van der Waals surface area (Å²) < 4.78 is 20.4. The van der Waals surface area contributed by atoms with Gasteiger partial charge in [-0.05, 0) is 18.2 Å². The van der Waals surface area contributed by atoms with E-state index < -0.39 is 16.7 Å². The molecule has 0 aliphatic rings. The zero-order chi connectivity index (χ0) is 23.7. The summed E-state index contributed by atoms with van der Waals surface area (Å²) in [6, 6.07) is 7.11. The molecule has 0 radical (unpaired) electrons. The number of carbonyl (C=O) groups excluding carboxylic acids is 2. The quantitative estimate of drug-likeness (QED) is 0.317. The van der Waals surface area contributed by atoms with Crippen LogP contribution in [0.5, 0.6) is 23.0 Å². The highest BCUT2D eigenvalue weighted by atomic mass is 16.6. The van der Waals surface area contributed by atoms with Crippen LogP contribution in [0.1, 0.15) is 15.9 Å². The van der Waals surface area contributed by atoms with Gasteiger partial charge in [-0.25, -0.2) is 5.43 Å². The lowest BCUT2D eigenvalue weighted by Crippen LogP contribution is -2.34. The van der Waals surface area contributed by atoms with Gasteiger partial charge in [0.15, 0.2) is 11.5 Å². The topological polar surface area (TPSA) is 151 Å². The first-order valence-corrected chi connectivity index (χ1v) is 9.07. The van der Waals surface area contributed by atoms with E-state index in [-0.39, 0.29) is 34.9 Å². The van der Waals surface area contributed by atoms with Crippen LogP contribution in [0.25, 0.3) is 0 Å². The van der Waals surface area contributed by atoms with Gasteiger partial charge in [-0.15, -0.1) is 0 Å². The normalized spacial score (nSPS) is 10.4. The minimum absolute atomic E-state index is 0.0194. The van der Waals surface area contributed by atoms with Gasteiger partial charge in [-0.1, -0.05) is 0 Å². The first-order valence-electron chi connectivity index (χ1n) is 9.07. The fourth-order valence-corrected chi connectivity index (χ4v) is 2.60. The van der Waals surface area contributed by atoms with E-state index in [1.807, 2.05) is 0 Å². The molecule has 0 spiro atoms. The molecule has 2 aromatic rings. The summed E-state index contributed by atoms with van der Waals surface area (Å²) in [5, 5.41) is 17.4. The van der Waals surface area contributed by atoms with E-state index in [4.69, 9.17) is 18.9 Å². The number of hydrogen-bond donors (Lipinski definition) is 2. The molecular weight excluding hydrogens is 424 g/mol. The molecular formula is C20H22N4O8. The molecule has 0 bridgehead atoms. The molecule has 0 fully saturated rings. The number of rotatable bonds is 10. The van der Waals surface area contributed by atoms with Crippen molar-refractivity contribution in [3.05, 3.63) is 51.6 Å². The molecule has 12 nitrogen and oxygen atoms in total. The number of nitro benzene ring substituents is 1. The Balaban J connectivity index is 2.00. The van der Waals surface area contributed by atoms with Gasteiger partial charge in [0.05, 0.1) is 46.1 Å². The minimum atomic E-state index is -0.614. The van der Waals surface area contributed by atoms with Gasteiger partial charge in [0.1, 0.15) is 5.75 Å². The average Bonchev–Trinajstić information content (AvgIpc) is 2.81. The summed E-state index contributed by atoms with van der Waals surface area (Å²) in [4.78, 5) is 34.8. The zero-order valence-electron chi connectivity index (χ0n) is 17.8. The van der Waals surface area contributed by atoms with E-state index in [0.29, 0.717) is 11.5 Å². The molecule has 0 saturated heterocycles. The standard InChI is InChI=1S/C20H22N4O8/c1-29-15-6-5-12(8-18(15)32-4)20(26)21-11-19(25)23-22-10-13-7-14(24(27)28)17(31-3)9-16(13)30-2/h5-10H,11H2,1-4H3,(H,21,26)(H,23,25)/b22-10-. The second kappa shape index (κ2) is 11.2. The van der Waals surface area contributed by atoms with Gasteiger partial charge >= 0.3 is 5.69 Å². The highest BCUT2D eigenvalue weighted by molar-refractivity contribution is 5.97. The van der Waals surface area contributed by atoms with Crippen molar-refractivity contribution >= 4 is 23.7 Å². The van der Waals surface area contributed by atoms with Crippen LogP contribution in [0.3, 0.4) is 0 Å². The van der Waals surface area contributed by atoms with Crippen molar-refractivity contribution < 1.29 is 33.5 Å². The maximum absolute atomic E-state index is 12.2. The van der Waals surface area contributed by atoms with E-state index in [1.165, 1.54) is 58.9 Å². The van der Waals surface area contributed by atoms with Crippen molar-refractivity contribution in [2.45, 2.75) is 0 Å². The van der Waals surface area contributed by atoms with E-state index in [2.05, 4.69) is 15.8 Å². The Bertz CT molecular complexity index is 1040. The third-order valence-electron chi connectivity index (χ3n) is 4.18. The second-order valence-electron chi connectivity index (χ2n) is 6.07. The SMILES string of the molecule is COc1cc(OC)c([N+](=O)[O-])cc1/C=N\NC(=O)CNC(=O)c1ccc(OC)c(OC)c1. The van der Waals surface area contributed by atoms with Crippen molar-refractivity contribution in [2.24, 2.45) is 5.10 Å². The lowest BCUT2D eigenvalue weighted by molar-refractivity contribution is -0.385. The van der Waals surface area contributed by atoms with Crippen LogP contribution in [0.4, 0.5) is 5.69 Å². The number of carbonyl (C=O) groups is 2. The van der Waals surface area contributed by atoms with Gasteiger partial charge in [-0.3, -0.25) is 19.7 Å². The zero-order valence-corrected chi connectivity index (χ0v) is 17.8. The molecule has 32 heavy (non-hydrogen) atoms. The molecule has 12 heteroatoms. The van der Waals surface area contributed by atoms with Gasteiger partial charge in [0, 0.05) is 23.3 Å². The van der Waals surface area contributed by atoms with Crippen LogP contribution in [-0.2, 0) is 4.79 Å². The summed E-state index contributed by atoms with van der Waals surface area (Å²) in [6.07, 6.45) is 1.18. The average molecular weight is 446 g/mol. The van der Waals surface area contributed by atoms with E-state index in [9.17, 15) is 19.7 Å². The number of hydrazone groups is 1. The predicted octanol–water partition coefficient (Wildman–Crippen LogP) is 1.51. The first kappa shape index (κ1) is 23.9. The van der Waals surface area contributed by atoms with Crippen LogP contribution in [0, 0.1) is 10.1 Å². The number of amides is 2. The van der Waals surface area contributed by atoms with Crippen molar-refractivity contribution in [1.82, 2.24) is 10.7 Å². The van der Waals surface area contributed by atoms with Crippen molar-refractivity contribution in [1.29, 1.82) is 0 Å². The number of nitrogens with zero attached hydrogens (tertiary/aromatic N) is 2. The molecule has 0 aliphatic heterocycles. The molecule has 2 amide bonds. The summed E-state index contributed by atoms with van der Waals surface area (Å²) in [5.74, 6) is -0.00485. The number of hydrogen-bond acceptors (Lipinski definition) is 9. The van der Waals surface area contributed by atoms with Crippen LogP contribution < -0.4 is 29.7 Å². The van der Waals surface area contributed by atoms with Crippen LogP contribution in [0.2, 0.25) is 0 Å². The molecule has 0 saturated carbocycles. The third kappa shape index (κ3) is 5.84. The predicted molar refractivity (Wildman–Crippen MR) is 114 cm³/mol. The van der Waals surface area contributed by atoms with Gasteiger partial charge in [0.25, 0.3) is 11.8 Å². The first-order chi connectivity index (χ1) is 15.3. The van der Waals surface area contributed by atoms with Crippen molar-refractivity contribution in [3.8, 4) is 23.0 Å². The Kier molecular flexibility index (Phi) is 8.34. The Morgan fingerprint density at radius 3 is 2.22 bits per heavy atom. The van der Waals surface area contributed by atoms with E-state index >= 15 is 0 Å². The molecule has 0 heterocycles. The van der Waals surface area contributed by atoms with Crippen LogP contribution >= 0.6 is 0 Å². The molecule has 2 N–H and O–H groups in total. The largest absolute Gasteiger partial charge is 0.496 e. The summed E-state index contributed by atoms with van der Waals surface area (Å²) in [5.41, 5.74) is 2.45. The fraction of sp³-hybridized carbons (Fsp3) is 0.250. The maximum Gasteiger partial charge on any atom is 0.311 e. The number of methoxy groups -OCH3 is 4. The monoisotopic (exact) mass is 446 g/mol. The second-order valence-corrected chi connectivity index (χ2v) is 6.07. The number of nitrogens with one attached hydrogen (secondary N) is 2. The van der Waals surface area contributed by atoms with Crippen LogP contribution in [0.15, 0.2) is 35.4 Å². The molecule has 0 aliphatic carbocycles. The number of ether oxygens (including phenoxy) is 4. The summed E-state index contributed by atoms with van der Waals surface area (Å²) in [7, 11) is 5.59. The Morgan fingerprint density at radius 2 is 1.62 bits per heavy atom. The number of benzene rings is 2. The van der Waals surface area contributed by atoms with Crippen molar-refractivity contribution in [2.75, 3.05) is 35.0 Å². The Hall–Kier alpha value is -4.35. The third-order valence-corrected chi connectivity index (χ3v) is 4.18. The van der Waals surface area contributed by atoms with E-state index in [1.54, 1.807) is 6.07 Å². The molecule has 0 atom stereocenters. The minimum Gasteiger partial charge on any atom is -0.496 e. The highest BCUT2D eigenvalue weighted by Gasteiger charge is 2.19. The molecule has 0 aromatic heterocycles. The van der Waals surface area contributed by atoms with Gasteiger partial charge in [0.2, 0.25) is 5.75 Å². The van der Waals surface area contributed by atoms with Gasteiger partial charge < -0.3 is 24.3 Å². The summed E-state index contributed by atoms with van der Waals surface area (Å²) in [6.45, 7) is -0.357. The van der Waals surface area contributed by atoms with Crippen molar-refractivity contribution in [3.63, 3.8) is 0 Å². The highest BCUT2D eigenvalue weighted by Crippen LogP contribution is 2.33. The number of nitro groups is 1. The van der Waals surface area contributed by atoms with E-state index in [0.717, 1.165) is 0 Å². The lowest BCUT2D eigenvalue weighted by atomic mass is 10.1. The van der Waals surface area contributed by atoms with Crippen LogP contribution in [-0.4, -0.2) is 57.9 Å².